The third-order valence-electron chi connectivity index (χ3n) is 2.02. The predicted molar refractivity (Wildman–Crippen MR) is 54.8 cm³/mol. The van der Waals surface area contributed by atoms with E-state index in [1.54, 1.807) is 6.07 Å². The fourth-order valence-electron chi connectivity index (χ4n) is 0.839. The normalized spacial score (nSPS) is 16.3. The van der Waals surface area contributed by atoms with Crippen LogP contribution in [-0.4, -0.2) is 26.3 Å². The van der Waals surface area contributed by atoms with Gasteiger partial charge < -0.3 is 5.73 Å². The molecule has 0 aliphatic heterocycles. The molecule has 0 fully saturated rings. The second kappa shape index (κ2) is 5.29. The van der Waals surface area contributed by atoms with E-state index in [2.05, 4.69) is 4.72 Å². The van der Waals surface area contributed by atoms with Crippen molar-refractivity contribution in [3.8, 4) is 6.07 Å². The van der Waals surface area contributed by atoms with Gasteiger partial charge in [0, 0.05) is 12.6 Å². The number of nitrogens with zero attached hydrogens (tertiary/aromatic N) is 1. The predicted octanol–water partition coefficient (Wildman–Crippen LogP) is -0.199. The van der Waals surface area contributed by atoms with E-state index in [-0.39, 0.29) is 18.5 Å². The van der Waals surface area contributed by atoms with Gasteiger partial charge in [0.1, 0.15) is 0 Å². The average molecular weight is 219 g/mol. The molecular formula is C8H17N3O2S. The van der Waals surface area contributed by atoms with Crippen molar-refractivity contribution in [2.75, 3.05) is 6.54 Å². The van der Waals surface area contributed by atoms with Crippen LogP contribution in [-0.2, 0) is 10.0 Å². The summed E-state index contributed by atoms with van der Waals surface area (Å²) in [6.07, 6.45) is 0. The van der Waals surface area contributed by atoms with Crippen LogP contribution >= 0.6 is 0 Å². The topological polar surface area (TPSA) is 96.0 Å². The van der Waals surface area contributed by atoms with E-state index in [9.17, 15) is 8.42 Å². The summed E-state index contributed by atoms with van der Waals surface area (Å²) >= 11 is 0. The lowest BCUT2D eigenvalue weighted by molar-refractivity contribution is 0.453. The fraction of sp³-hybridized carbons (Fsp3) is 0.875. The van der Waals surface area contributed by atoms with E-state index in [4.69, 9.17) is 11.0 Å². The van der Waals surface area contributed by atoms with Gasteiger partial charge >= 0.3 is 0 Å². The highest BCUT2D eigenvalue weighted by Crippen LogP contribution is 2.04. The van der Waals surface area contributed by atoms with Crippen molar-refractivity contribution in [2.45, 2.75) is 32.1 Å². The van der Waals surface area contributed by atoms with E-state index < -0.39 is 15.3 Å². The van der Waals surface area contributed by atoms with Crippen LogP contribution in [0.4, 0.5) is 0 Å². The van der Waals surface area contributed by atoms with E-state index in [0.29, 0.717) is 0 Å². The summed E-state index contributed by atoms with van der Waals surface area (Å²) in [6, 6.07) is 1.37. The Bertz CT molecular complexity index is 305. The summed E-state index contributed by atoms with van der Waals surface area (Å²) in [6.45, 7) is 5.32. The standard InChI is InChI=1S/C8H17N3O2S/c1-6(2)8(5-10)11-14(12,13)7(3)4-9/h6-8,11H,5,10H2,1-3H3. The van der Waals surface area contributed by atoms with Crippen LogP contribution in [0.2, 0.25) is 0 Å². The lowest BCUT2D eigenvalue weighted by atomic mass is 10.1. The molecule has 0 bridgehead atoms. The Morgan fingerprint density at radius 2 is 1.93 bits per heavy atom. The number of sulfonamides is 1. The molecule has 0 aliphatic rings. The van der Waals surface area contributed by atoms with Crippen molar-refractivity contribution in [1.29, 1.82) is 5.26 Å². The molecule has 0 aromatic rings. The summed E-state index contributed by atoms with van der Waals surface area (Å²) < 4.78 is 25.3. The Morgan fingerprint density at radius 1 is 1.43 bits per heavy atom. The van der Waals surface area contributed by atoms with Crippen LogP contribution in [0, 0.1) is 17.2 Å². The van der Waals surface area contributed by atoms with Gasteiger partial charge in [-0.25, -0.2) is 13.1 Å². The second-order valence-corrected chi connectivity index (χ2v) is 5.55. The first-order valence-electron chi connectivity index (χ1n) is 4.46. The molecule has 0 saturated carbocycles. The third-order valence-corrected chi connectivity index (χ3v) is 3.69. The number of nitrogens with two attached hydrogens (primary N) is 1. The molecule has 2 atom stereocenters. The largest absolute Gasteiger partial charge is 0.329 e. The highest BCUT2D eigenvalue weighted by Gasteiger charge is 2.24. The Kier molecular flexibility index (Phi) is 5.05. The molecule has 82 valence electrons. The average Bonchev–Trinajstić information content (AvgIpc) is 2.12. The molecule has 3 N–H and O–H groups in total. The van der Waals surface area contributed by atoms with Crippen molar-refractivity contribution in [3.63, 3.8) is 0 Å². The Hall–Kier alpha value is -0.640. The maximum absolute atomic E-state index is 11.4. The van der Waals surface area contributed by atoms with Crippen molar-refractivity contribution in [2.24, 2.45) is 11.7 Å². The lowest BCUT2D eigenvalue weighted by Crippen LogP contribution is -2.46. The molecule has 0 rings (SSSR count). The first-order valence-corrected chi connectivity index (χ1v) is 6.00. The van der Waals surface area contributed by atoms with Gasteiger partial charge in [0.05, 0.1) is 6.07 Å². The lowest BCUT2D eigenvalue weighted by Gasteiger charge is -2.20. The molecule has 0 heterocycles. The van der Waals surface area contributed by atoms with Crippen molar-refractivity contribution < 1.29 is 8.42 Å². The maximum atomic E-state index is 11.4. The third kappa shape index (κ3) is 3.62. The molecule has 5 nitrogen and oxygen atoms in total. The monoisotopic (exact) mass is 219 g/mol. The Labute approximate surface area is 85.3 Å². The molecule has 0 radical (unpaired) electrons. The summed E-state index contributed by atoms with van der Waals surface area (Å²) in [5, 5.41) is 7.45. The van der Waals surface area contributed by atoms with E-state index >= 15 is 0 Å². The van der Waals surface area contributed by atoms with E-state index in [1.807, 2.05) is 13.8 Å². The molecule has 0 spiro atoms. The summed E-state index contributed by atoms with van der Waals surface area (Å²) in [7, 11) is -3.56. The molecule has 0 aromatic carbocycles. The van der Waals surface area contributed by atoms with Crippen LogP contribution in [0.15, 0.2) is 0 Å². The first-order chi connectivity index (χ1) is 6.35. The number of hydrogen-bond donors (Lipinski definition) is 2. The number of nitriles is 1. The minimum absolute atomic E-state index is 0.112. The molecule has 0 saturated heterocycles. The first kappa shape index (κ1) is 13.4. The van der Waals surface area contributed by atoms with E-state index in [1.165, 1.54) is 6.92 Å². The Balaban J connectivity index is 4.59. The highest BCUT2D eigenvalue weighted by atomic mass is 32.2. The highest BCUT2D eigenvalue weighted by molar-refractivity contribution is 7.90. The van der Waals surface area contributed by atoms with Gasteiger partial charge in [-0.05, 0) is 12.8 Å². The molecule has 0 aliphatic carbocycles. The van der Waals surface area contributed by atoms with Crippen LogP contribution in [0.3, 0.4) is 0 Å². The molecule has 0 amide bonds. The van der Waals surface area contributed by atoms with Gasteiger partial charge in [0.25, 0.3) is 0 Å². The van der Waals surface area contributed by atoms with Gasteiger partial charge in [0.15, 0.2) is 5.25 Å². The van der Waals surface area contributed by atoms with Crippen LogP contribution in [0.25, 0.3) is 0 Å². The zero-order valence-electron chi connectivity index (χ0n) is 8.69. The summed E-state index contributed by atoms with van der Waals surface area (Å²) in [5.74, 6) is 0.112. The van der Waals surface area contributed by atoms with Crippen LogP contribution in [0.5, 0.6) is 0 Å². The van der Waals surface area contributed by atoms with Gasteiger partial charge in [-0.1, -0.05) is 13.8 Å². The number of nitrogens with one attached hydrogen (secondary N) is 1. The van der Waals surface area contributed by atoms with Gasteiger partial charge in [-0.2, -0.15) is 5.26 Å². The molecule has 0 aromatic heterocycles. The number of rotatable bonds is 5. The smallest absolute Gasteiger partial charge is 0.227 e. The minimum Gasteiger partial charge on any atom is -0.329 e. The Morgan fingerprint density at radius 3 is 2.21 bits per heavy atom. The van der Waals surface area contributed by atoms with Crippen LogP contribution in [0.1, 0.15) is 20.8 Å². The number of hydrogen-bond acceptors (Lipinski definition) is 4. The van der Waals surface area contributed by atoms with Crippen molar-refractivity contribution >= 4 is 10.0 Å². The SMILES string of the molecule is CC(C)C(CN)NS(=O)(=O)C(C)C#N. The molecule has 14 heavy (non-hydrogen) atoms. The van der Waals surface area contributed by atoms with Gasteiger partial charge in [-0.3, -0.25) is 0 Å². The molecule has 6 heteroatoms. The zero-order valence-corrected chi connectivity index (χ0v) is 9.50. The van der Waals surface area contributed by atoms with E-state index in [0.717, 1.165) is 0 Å². The second-order valence-electron chi connectivity index (χ2n) is 3.52. The summed E-state index contributed by atoms with van der Waals surface area (Å²) in [4.78, 5) is 0. The fourth-order valence-corrected chi connectivity index (χ4v) is 1.97. The molecular weight excluding hydrogens is 202 g/mol. The zero-order chi connectivity index (χ0) is 11.4. The minimum atomic E-state index is -3.56. The molecule has 2 unspecified atom stereocenters. The van der Waals surface area contributed by atoms with Gasteiger partial charge in [0.2, 0.25) is 10.0 Å². The van der Waals surface area contributed by atoms with Crippen molar-refractivity contribution in [3.05, 3.63) is 0 Å². The summed E-state index contributed by atoms with van der Waals surface area (Å²) in [5.41, 5.74) is 5.41. The quantitative estimate of drug-likeness (QED) is 0.669. The van der Waals surface area contributed by atoms with Crippen LogP contribution < -0.4 is 10.5 Å². The van der Waals surface area contributed by atoms with Gasteiger partial charge in [-0.15, -0.1) is 0 Å². The maximum Gasteiger partial charge on any atom is 0.227 e. The van der Waals surface area contributed by atoms with Crippen molar-refractivity contribution in [1.82, 2.24) is 4.72 Å².